The standard InChI is InChI=1S/C18H17NO4/c20-17(15-9-13-5-1-2-7-16(13)23-11-15)19-10-12-4-3-6-14(8-12)18(21)22/h1-8,15H,9-11H2,(H,19,20)(H,21,22)/t15-/m1/s1. The van der Waals surface area contributed by atoms with Crippen LogP contribution in [0.4, 0.5) is 0 Å². The van der Waals surface area contributed by atoms with E-state index < -0.39 is 5.97 Å². The second kappa shape index (κ2) is 6.52. The Morgan fingerprint density at radius 2 is 2.00 bits per heavy atom. The maximum atomic E-state index is 12.3. The van der Waals surface area contributed by atoms with Crippen molar-refractivity contribution in [3.05, 3.63) is 65.2 Å². The van der Waals surface area contributed by atoms with Crippen LogP contribution in [0.1, 0.15) is 21.5 Å². The van der Waals surface area contributed by atoms with E-state index >= 15 is 0 Å². The van der Waals surface area contributed by atoms with E-state index in [1.807, 2.05) is 24.3 Å². The Morgan fingerprint density at radius 1 is 1.17 bits per heavy atom. The number of amides is 1. The highest BCUT2D eigenvalue weighted by Crippen LogP contribution is 2.26. The van der Waals surface area contributed by atoms with E-state index in [2.05, 4.69) is 5.32 Å². The highest BCUT2D eigenvalue weighted by molar-refractivity contribution is 5.87. The number of aromatic carboxylic acids is 1. The molecule has 0 radical (unpaired) electrons. The summed E-state index contributed by atoms with van der Waals surface area (Å²) >= 11 is 0. The van der Waals surface area contributed by atoms with Crippen LogP contribution >= 0.6 is 0 Å². The predicted octanol–water partition coefficient (Wildman–Crippen LogP) is 2.25. The summed E-state index contributed by atoms with van der Waals surface area (Å²) in [7, 11) is 0. The smallest absolute Gasteiger partial charge is 0.335 e. The lowest BCUT2D eigenvalue weighted by Crippen LogP contribution is -2.37. The fraction of sp³-hybridized carbons (Fsp3) is 0.222. The molecule has 3 rings (SSSR count). The topological polar surface area (TPSA) is 75.6 Å². The Balaban J connectivity index is 1.60. The van der Waals surface area contributed by atoms with Gasteiger partial charge in [0.1, 0.15) is 12.4 Å². The number of hydrogen-bond donors (Lipinski definition) is 2. The highest BCUT2D eigenvalue weighted by Gasteiger charge is 2.25. The van der Waals surface area contributed by atoms with E-state index in [1.54, 1.807) is 18.2 Å². The van der Waals surface area contributed by atoms with E-state index in [-0.39, 0.29) is 17.4 Å². The number of para-hydroxylation sites is 1. The van der Waals surface area contributed by atoms with Crippen molar-refractivity contribution in [2.24, 2.45) is 5.92 Å². The fourth-order valence-electron chi connectivity index (χ4n) is 2.64. The van der Waals surface area contributed by atoms with Gasteiger partial charge >= 0.3 is 5.97 Å². The highest BCUT2D eigenvalue weighted by atomic mass is 16.5. The molecule has 23 heavy (non-hydrogen) atoms. The molecule has 0 saturated heterocycles. The van der Waals surface area contributed by atoms with Gasteiger partial charge in [-0.15, -0.1) is 0 Å². The van der Waals surface area contributed by atoms with E-state index in [0.29, 0.717) is 19.6 Å². The summed E-state index contributed by atoms with van der Waals surface area (Å²) in [5.74, 6) is -0.450. The molecule has 0 unspecified atom stereocenters. The van der Waals surface area contributed by atoms with Crippen molar-refractivity contribution in [2.45, 2.75) is 13.0 Å². The average molecular weight is 311 g/mol. The van der Waals surface area contributed by atoms with Crippen LogP contribution in [0.15, 0.2) is 48.5 Å². The molecule has 0 saturated carbocycles. The van der Waals surface area contributed by atoms with Gasteiger partial charge < -0.3 is 15.2 Å². The first-order chi connectivity index (χ1) is 11.1. The molecule has 0 spiro atoms. The summed E-state index contributed by atoms with van der Waals surface area (Å²) < 4.78 is 5.62. The maximum Gasteiger partial charge on any atom is 0.335 e. The predicted molar refractivity (Wildman–Crippen MR) is 84.4 cm³/mol. The summed E-state index contributed by atoms with van der Waals surface area (Å²) in [5.41, 5.74) is 2.01. The van der Waals surface area contributed by atoms with Crippen molar-refractivity contribution in [2.75, 3.05) is 6.61 Å². The van der Waals surface area contributed by atoms with Gasteiger partial charge in [-0.1, -0.05) is 30.3 Å². The summed E-state index contributed by atoms with van der Waals surface area (Å²) in [6, 6.07) is 14.3. The molecular formula is C18H17NO4. The van der Waals surface area contributed by atoms with Gasteiger partial charge in [0, 0.05) is 6.54 Å². The second-order valence-electron chi connectivity index (χ2n) is 5.54. The number of benzene rings is 2. The van der Waals surface area contributed by atoms with Crippen molar-refractivity contribution < 1.29 is 19.4 Å². The molecule has 2 aromatic carbocycles. The van der Waals surface area contributed by atoms with E-state index in [1.165, 1.54) is 6.07 Å². The SMILES string of the molecule is O=C(O)c1cccc(CNC(=O)[C@H]2COc3ccccc3C2)c1. The van der Waals surface area contributed by atoms with Crippen LogP contribution in [0.3, 0.4) is 0 Å². The van der Waals surface area contributed by atoms with Gasteiger partial charge in [-0.2, -0.15) is 0 Å². The molecule has 0 aromatic heterocycles. The van der Waals surface area contributed by atoms with Crippen molar-refractivity contribution in [3.8, 4) is 5.75 Å². The first kappa shape index (κ1) is 15.1. The third kappa shape index (κ3) is 3.51. The van der Waals surface area contributed by atoms with Gasteiger partial charge in [0.05, 0.1) is 11.5 Å². The van der Waals surface area contributed by atoms with Crippen molar-refractivity contribution in [3.63, 3.8) is 0 Å². The lowest BCUT2D eigenvalue weighted by atomic mass is 9.96. The number of carbonyl (C=O) groups is 2. The number of fused-ring (bicyclic) bond motifs is 1. The number of rotatable bonds is 4. The number of hydrogen-bond acceptors (Lipinski definition) is 3. The van der Waals surface area contributed by atoms with Crippen molar-refractivity contribution in [1.82, 2.24) is 5.32 Å². The third-order valence-electron chi connectivity index (χ3n) is 3.89. The van der Waals surface area contributed by atoms with E-state index in [9.17, 15) is 9.59 Å². The molecule has 5 nitrogen and oxygen atoms in total. The molecule has 0 fully saturated rings. The summed E-state index contributed by atoms with van der Waals surface area (Å²) in [5, 5.41) is 11.8. The first-order valence-electron chi connectivity index (χ1n) is 7.44. The Morgan fingerprint density at radius 3 is 2.83 bits per heavy atom. The number of carboxylic acid groups (broad SMARTS) is 1. The number of ether oxygens (including phenoxy) is 1. The van der Waals surface area contributed by atoms with Gasteiger partial charge in [-0.05, 0) is 35.7 Å². The van der Waals surface area contributed by atoms with Crippen LogP contribution in [0.2, 0.25) is 0 Å². The van der Waals surface area contributed by atoms with Gasteiger partial charge in [0.25, 0.3) is 0 Å². The Hall–Kier alpha value is -2.82. The Labute approximate surface area is 133 Å². The molecule has 1 amide bonds. The zero-order valence-electron chi connectivity index (χ0n) is 12.5. The van der Waals surface area contributed by atoms with Gasteiger partial charge in [-0.25, -0.2) is 4.79 Å². The Kier molecular flexibility index (Phi) is 4.28. The van der Waals surface area contributed by atoms with Crippen LogP contribution in [0.5, 0.6) is 5.75 Å². The van der Waals surface area contributed by atoms with Crippen LogP contribution in [0, 0.1) is 5.92 Å². The van der Waals surface area contributed by atoms with Crippen LogP contribution in [-0.2, 0) is 17.8 Å². The van der Waals surface area contributed by atoms with E-state index in [0.717, 1.165) is 16.9 Å². The molecule has 1 aliphatic rings. The Bertz CT molecular complexity index is 741. The maximum absolute atomic E-state index is 12.3. The lowest BCUT2D eigenvalue weighted by Gasteiger charge is -2.24. The monoisotopic (exact) mass is 311 g/mol. The van der Waals surface area contributed by atoms with Gasteiger partial charge in [-0.3, -0.25) is 4.79 Å². The molecule has 2 aromatic rings. The molecule has 5 heteroatoms. The van der Waals surface area contributed by atoms with E-state index in [4.69, 9.17) is 9.84 Å². The van der Waals surface area contributed by atoms with Gasteiger partial charge in [0.15, 0.2) is 0 Å². The fourth-order valence-corrected chi connectivity index (χ4v) is 2.64. The zero-order chi connectivity index (χ0) is 16.2. The first-order valence-corrected chi connectivity index (χ1v) is 7.44. The number of carbonyl (C=O) groups excluding carboxylic acids is 1. The normalized spacial score (nSPS) is 16.1. The van der Waals surface area contributed by atoms with Crippen LogP contribution in [0.25, 0.3) is 0 Å². The number of nitrogens with one attached hydrogen (secondary N) is 1. The average Bonchev–Trinajstić information content (AvgIpc) is 2.59. The van der Waals surface area contributed by atoms with Crippen molar-refractivity contribution in [1.29, 1.82) is 0 Å². The quantitative estimate of drug-likeness (QED) is 0.908. The minimum absolute atomic E-state index is 0.0831. The lowest BCUT2D eigenvalue weighted by molar-refractivity contribution is -0.126. The largest absolute Gasteiger partial charge is 0.492 e. The minimum atomic E-state index is -0.976. The molecule has 2 N–H and O–H groups in total. The molecule has 0 aliphatic carbocycles. The summed E-state index contributed by atoms with van der Waals surface area (Å²) in [4.78, 5) is 23.2. The van der Waals surface area contributed by atoms with Crippen LogP contribution < -0.4 is 10.1 Å². The molecule has 1 atom stereocenters. The summed E-state index contributed by atoms with van der Waals surface area (Å²) in [6.45, 7) is 0.663. The molecule has 1 heterocycles. The molecule has 118 valence electrons. The summed E-state index contributed by atoms with van der Waals surface area (Å²) in [6.07, 6.45) is 0.650. The van der Waals surface area contributed by atoms with Crippen molar-refractivity contribution >= 4 is 11.9 Å². The van der Waals surface area contributed by atoms with Gasteiger partial charge in [0.2, 0.25) is 5.91 Å². The zero-order valence-corrected chi connectivity index (χ0v) is 12.5. The molecule has 1 aliphatic heterocycles. The molecular weight excluding hydrogens is 294 g/mol. The number of carboxylic acids is 1. The second-order valence-corrected chi connectivity index (χ2v) is 5.54. The van der Waals surface area contributed by atoms with Crippen LogP contribution in [-0.4, -0.2) is 23.6 Å². The molecule has 0 bridgehead atoms. The third-order valence-corrected chi connectivity index (χ3v) is 3.89. The minimum Gasteiger partial charge on any atom is -0.492 e.